The van der Waals surface area contributed by atoms with E-state index in [0.29, 0.717) is 12.3 Å². The number of piperidine rings is 1. The Morgan fingerprint density at radius 3 is 3.13 bits per heavy atom. The van der Waals surface area contributed by atoms with Gasteiger partial charge in [0.15, 0.2) is 0 Å². The first-order chi connectivity index (χ1) is 7.29. The van der Waals surface area contributed by atoms with E-state index in [1.54, 1.807) is 0 Å². The van der Waals surface area contributed by atoms with E-state index in [4.69, 9.17) is 0 Å². The third-order valence-corrected chi connectivity index (χ3v) is 2.85. The molecule has 0 bridgehead atoms. The first kappa shape index (κ1) is 10.4. The molecule has 0 radical (unpaired) electrons. The van der Waals surface area contributed by atoms with Crippen molar-refractivity contribution in [1.29, 1.82) is 0 Å². The fraction of sp³-hybridized carbons (Fsp3) is 0.636. The molecule has 15 heavy (non-hydrogen) atoms. The normalized spacial score (nSPS) is 18.3. The van der Waals surface area contributed by atoms with Crippen molar-refractivity contribution < 1.29 is 4.79 Å². The summed E-state index contributed by atoms with van der Waals surface area (Å²) in [7, 11) is 0. The molecule has 1 aliphatic heterocycles. The predicted molar refractivity (Wildman–Crippen MR) is 57.4 cm³/mol. The van der Waals surface area contributed by atoms with E-state index in [2.05, 4.69) is 21.4 Å². The van der Waals surface area contributed by atoms with Crippen LogP contribution in [0.1, 0.15) is 25.5 Å². The first-order valence-electron chi connectivity index (χ1n) is 5.52. The minimum atomic E-state index is 0.365. The molecule has 1 aromatic heterocycles. The van der Waals surface area contributed by atoms with E-state index in [9.17, 15) is 4.79 Å². The number of rotatable bonds is 3. The van der Waals surface area contributed by atoms with E-state index < -0.39 is 0 Å². The molecule has 4 heteroatoms. The highest BCUT2D eigenvalue weighted by atomic mass is 16.1. The summed E-state index contributed by atoms with van der Waals surface area (Å²) in [5.74, 6) is 0.365. The van der Waals surface area contributed by atoms with Crippen LogP contribution in [0.15, 0.2) is 12.5 Å². The van der Waals surface area contributed by atoms with Crippen LogP contribution in [0.4, 0.5) is 0 Å². The maximum Gasteiger partial charge on any atom is 0.146 e. The lowest BCUT2D eigenvalue weighted by Crippen LogP contribution is -2.35. The number of hydrogen-bond donors (Lipinski definition) is 0. The van der Waals surface area contributed by atoms with Crippen molar-refractivity contribution in [3.63, 3.8) is 0 Å². The zero-order chi connectivity index (χ0) is 10.7. The second-order valence-corrected chi connectivity index (χ2v) is 4.02. The molecule has 0 amide bonds. The van der Waals surface area contributed by atoms with E-state index in [1.165, 1.54) is 5.69 Å². The highest BCUT2D eigenvalue weighted by Gasteiger charge is 2.17. The van der Waals surface area contributed by atoms with Crippen LogP contribution in [-0.4, -0.2) is 33.3 Å². The van der Waals surface area contributed by atoms with Gasteiger partial charge in [0.2, 0.25) is 0 Å². The molecule has 0 aromatic carbocycles. The molecule has 0 saturated carbocycles. The molecule has 2 rings (SSSR count). The number of carbonyl (C=O) groups is 1. The minimum absolute atomic E-state index is 0.365. The standard InChI is InChI=1S/C11H17N3O/c1-2-14-9-12-6-10(14)7-13-5-3-4-11(15)8-13/h6,9H,2-5,7-8H2,1H3. The molecular formula is C11H17N3O. The zero-order valence-electron chi connectivity index (χ0n) is 9.15. The summed E-state index contributed by atoms with van der Waals surface area (Å²) < 4.78 is 2.12. The van der Waals surface area contributed by atoms with Crippen LogP contribution in [-0.2, 0) is 17.9 Å². The van der Waals surface area contributed by atoms with Gasteiger partial charge in [-0.25, -0.2) is 4.98 Å². The van der Waals surface area contributed by atoms with Gasteiger partial charge in [0.1, 0.15) is 5.78 Å². The number of hydrogen-bond acceptors (Lipinski definition) is 3. The van der Waals surface area contributed by atoms with Gasteiger partial charge in [-0.05, 0) is 19.9 Å². The van der Waals surface area contributed by atoms with E-state index in [0.717, 1.165) is 32.5 Å². The van der Waals surface area contributed by atoms with Gasteiger partial charge in [0, 0.05) is 25.7 Å². The van der Waals surface area contributed by atoms with Crippen molar-refractivity contribution in [2.24, 2.45) is 0 Å². The lowest BCUT2D eigenvalue weighted by Gasteiger charge is -2.25. The quantitative estimate of drug-likeness (QED) is 0.744. The third kappa shape index (κ3) is 2.45. The van der Waals surface area contributed by atoms with Gasteiger partial charge in [-0.3, -0.25) is 9.69 Å². The van der Waals surface area contributed by atoms with Gasteiger partial charge in [-0.2, -0.15) is 0 Å². The van der Waals surface area contributed by atoms with Crippen molar-refractivity contribution in [3.05, 3.63) is 18.2 Å². The van der Waals surface area contributed by atoms with Gasteiger partial charge in [0.25, 0.3) is 0 Å². The Balaban J connectivity index is 1.98. The minimum Gasteiger partial charge on any atom is -0.334 e. The summed E-state index contributed by atoms with van der Waals surface area (Å²) in [5.41, 5.74) is 1.20. The molecule has 1 aliphatic rings. The monoisotopic (exact) mass is 207 g/mol. The van der Waals surface area contributed by atoms with E-state index in [-0.39, 0.29) is 0 Å². The van der Waals surface area contributed by atoms with Crippen molar-refractivity contribution in [3.8, 4) is 0 Å². The maximum atomic E-state index is 11.3. The summed E-state index contributed by atoms with van der Waals surface area (Å²) in [6.07, 6.45) is 5.49. The van der Waals surface area contributed by atoms with Crippen LogP contribution in [0.25, 0.3) is 0 Å². The molecule has 0 N–H and O–H groups in total. The second kappa shape index (κ2) is 4.57. The Morgan fingerprint density at radius 2 is 2.40 bits per heavy atom. The zero-order valence-corrected chi connectivity index (χ0v) is 9.15. The van der Waals surface area contributed by atoms with Gasteiger partial charge < -0.3 is 4.57 Å². The highest BCUT2D eigenvalue weighted by Crippen LogP contribution is 2.10. The summed E-state index contributed by atoms with van der Waals surface area (Å²) in [6, 6.07) is 0. The number of aromatic nitrogens is 2. The Hall–Kier alpha value is -1.16. The van der Waals surface area contributed by atoms with Crippen molar-refractivity contribution in [2.75, 3.05) is 13.1 Å². The Morgan fingerprint density at radius 1 is 1.53 bits per heavy atom. The molecule has 0 aliphatic carbocycles. The number of Topliss-reactive ketones (excluding diaryl/α,β-unsaturated/α-hetero) is 1. The number of aryl methyl sites for hydroxylation is 1. The smallest absolute Gasteiger partial charge is 0.146 e. The van der Waals surface area contributed by atoms with Crippen LogP contribution in [0, 0.1) is 0 Å². The largest absolute Gasteiger partial charge is 0.334 e. The Bertz CT molecular complexity index is 345. The highest BCUT2D eigenvalue weighted by molar-refractivity contribution is 5.81. The topological polar surface area (TPSA) is 38.1 Å². The predicted octanol–water partition coefficient (Wildman–Crippen LogP) is 1.07. The average Bonchev–Trinajstić information content (AvgIpc) is 2.65. The molecule has 0 spiro atoms. The summed E-state index contributed by atoms with van der Waals surface area (Å²) in [5, 5.41) is 0. The van der Waals surface area contributed by atoms with E-state index in [1.807, 2.05) is 12.5 Å². The summed E-state index contributed by atoms with van der Waals surface area (Å²) >= 11 is 0. The van der Waals surface area contributed by atoms with Crippen LogP contribution in [0.3, 0.4) is 0 Å². The third-order valence-electron chi connectivity index (χ3n) is 2.85. The Kier molecular flexibility index (Phi) is 3.16. The number of likely N-dealkylation sites (tertiary alicyclic amines) is 1. The van der Waals surface area contributed by atoms with Crippen molar-refractivity contribution in [1.82, 2.24) is 14.5 Å². The molecule has 1 fully saturated rings. The molecule has 82 valence electrons. The van der Waals surface area contributed by atoms with Crippen LogP contribution >= 0.6 is 0 Å². The van der Waals surface area contributed by atoms with Crippen molar-refractivity contribution in [2.45, 2.75) is 32.9 Å². The van der Waals surface area contributed by atoms with Gasteiger partial charge in [0.05, 0.1) is 18.6 Å². The maximum absolute atomic E-state index is 11.3. The molecule has 1 aromatic rings. The average molecular weight is 207 g/mol. The fourth-order valence-electron chi connectivity index (χ4n) is 2.04. The molecule has 1 saturated heterocycles. The number of carbonyl (C=O) groups excluding carboxylic acids is 1. The van der Waals surface area contributed by atoms with Gasteiger partial charge in [-0.1, -0.05) is 0 Å². The summed E-state index contributed by atoms with van der Waals surface area (Å²) in [4.78, 5) is 17.6. The SMILES string of the molecule is CCn1cncc1CN1CCCC(=O)C1. The lowest BCUT2D eigenvalue weighted by molar-refractivity contribution is -0.122. The molecular weight excluding hydrogens is 190 g/mol. The molecule has 2 heterocycles. The first-order valence-corrected chi connectivity index (χ1v) is 5.52. The van der Waals surface area contributed by atoms with Crippen molar-refractivity contribution >= 4 is 5.78 Å². The van der Waals surface area contributed by atoms with Gasteiger partial charge >= 0.3 is 0 Å². The molecule has 4 nitrogen and oxygen atoms in total. The number of ketones is 1. The lowest BCUT2D eigenvalue weighted by atomic mass is 10.1. The van der Waals surface area contributed by atoms with Crippen LogP contribution in [0.5, 0.6) is 0 Å². The van der Waals surface area contributed by atoms with Gasteiger partial charge in [-0.15, -0.1) is 0 Å². The van der Waals surface area contributed by atoms with Crippen LogP contribution in [0.2, 0.25) is 0 Å². The number of nitrogens with zero attached hydrogens (tertiary/aromatic N) is 3. The fourth-order valence-corrected chi connectivity index (χ4v) is 2.04. The molecule has 0 atom stereocenters. The molecule has 0 unspecified atom stereocenters. The number of imidazole rings is 1. The van der Waals surface area contributed by atoms with Crippen LogP contribution < -0.4 is 0 Å². The second-order valence-electron chi connectivity index (χ2n) is 4.02. The Labute approximate surface area is 89.9 Å². The van der Waals surface area contributed by atoms with E-state index >= 15 is 0 Å². The summed E-state index contributed by atoms with van der Waals surface area (Å²) in [6.45, 7) is 5.53.